The maximum Gasteiger partial charge on any atom is 0.179 e. The lowest BCUT2D eigenvalue weighted by Crippen LogP contribution is -2.37. The van der Waals surface area contributed by atoms with E-state index in [1.165, 1.54) is 0 Å². The molecular formula is C16H17NO3S. The van der Waals surface area contributed by atoms with Crippen LogP contribution in [0, 0.1) is 22.2 Å². The zero-order valence-electron chi connectivity index (χ0n) is 12.1. The van der Waals surface area contributed by atoms with Gasteiger partial charge in [0.05, 0.1) is 16.7 Å². The van der Waals surface area contributed by atoms with E-state index < -0.39 is 26.6 Å². The molecule has 5 heteroatoms. The zero-order valence-corrected chi connectivity index (χ0v) is 12.9. The molecule has 3 rings (SSSR count). The summed E-state index contributed by atoms with van der Waals surface area (Å²) in [6.45, 7) is 3.67. The van der Waals surface area contributed by atoms with Crippen LogP contribution in [-0.2, 0) is 14.6 Å². The Morgan fingerprint density at radius 2 is 1.90 bits per heavy atom. The highest BCUT2D eigenvalue weighted by Gasteiger charge is 2.59. The van der Waals surface area contributed by atoms with Crippen molar-refractivity contribution < 1.29 is 13.2 Å². The summed E-state index contributed by atoms with van der Waals surface area (Å²) in [7, 11) is -3.40. The number of hydrogen-bond donors (Lipinski definition) is 0. The van der Waals surface area contributed by atoms with Crippen LogP contribution in [0.3, 0.4) is 0 Å². The molecule has 1 saturated carbocycles. The average molecular weight is 303 g/mol. The molecule has 4 nitrogen and oxygen atoms in total. The summed E-state index contributed by atoms with van der Waals surface area (Å²) in [4.78, 5) is 13.1. The van der Waals surface area contributed by atoms with E-state index in [0.717, 1.165) is 0 Å². The molecule has 110 valence electrons. The van der Waals surface area contributed by atoms with Gasteiger partial charge in [0.2, 0.25) is 0 Å². The van der Waals surface area contributed by atoms with Crippen LogP contribution in [0.5, 0.6) is 0 Å². The van der Waals surface area contributed by atoms with Gasteiger partial charge < -0.3 is 0 Å². The van der Waals surface area contributed by atoms with Crippen LogP contribution < -0.4 is 0 Å². The van der Waals surface area contributed by atoms with Gasteiger partial charge in [0.15, 0.2) is 15.6 Å². The van der Waals surface area contributed by atoms with Crippen LogP contribution in [0.15, 0.2) is 29.2 Å². The molecular weight excluding hydrogens is 286 g/mol. The fourth-order valence-corrected chi connectivity index (χ4v) is 5.65. The van der Waals surface area contributed by atoms with E-state index in [4.69, 9.17) is 0 Å². The van der Waals surface area contributed by atoms with Crippen molar-refractivity contribution in [3.8, 4) is 6.07 Å². The largest absolute Gasteiger partial charge is 0.297 e. The van der Waals surface area contributed by atoms with E-state index >= 15 is 0 Å². The van der Waals surface area contributed by atoms with Crippen molar-refractivity contribution in [2.75, 3.05) is 5.75 Å². The highest BCUT2D eigenvalue weighted by Crippen LogP contribution is 2.56. The first-order chi connectivity index (χ1) is 9.74. The molecule has 0 bridgehead atoms. The van der Waals surface area contributed by atoms with Crippen LogP contribution >= 0.6 is 0 Å². The summed E-state index contributed by atoms with van der Waals surface area (Å²) < 4.78 is 24.7. The summed E-state index contributed by atoms with van der Waals surface area (Å²) in [5.74, 6) is -0.797. The summed E-state index contributed by atoms with van der Waals surface area (Å²) in [6, 6.07) is 8.94. The minimum absolute atomic E-state index is 0.116. The van der Waals surface area contributed by atoms with Gasteiger partial charge >= 0.3 is 0 Å². The molecule has 1 aliphatic heterocycles. The fourth-order valence-electron chi connectivity index (χ4n) is 3.72. The third kappa shape index (κ3) is 1.78. The van der Waals surface area contributed by atoms with Gasteiger partial charge in [0, 0.05) is 11.3 Å². The number of Topliss-reactive ketones (excluding diaryl/α,β-unsaturated/α-hetero) is 1. The third-order valence-electron chi connectivity index (χ3n) is 4.97. The van der Waals surface area contributed by atoms with Crippen molar-refractivity contribution in [3.05, 3.63) is 29.8 Å². The van der Waals surface area contributed by atoms with Crippen LogP contribution in [0.25, 0.3) is 0 Å². The molecule has 0 aromatic heterocycles. The van der Waals surface area contributed by atoms with Gasteiger partial charge in [0.1, 0.15) is 5.41 Å². The third-order valence-corrected chi connectivity index (χ3v) is 6.79. The normalized spacial score (nSPS) is 32.6. The molecule has 1 aromatic carbocycles. The molecule has 1 heterocycles. The second kappa shape index (κ2) is 4.17. The highest BCUT2D eigenvalue weighted by atomic mass is 32.2. The molecule has 0 saturated heterocycles. The van der Waals surface area contributed by atoms with E-state index in [2.05, 4.69) is 6.07 Å². The monoisotopic (exact) mass is 303 g/mol. The molecule has 0 N–H and O–H groups in total. The number of nitrogens with zero attached hydrogens (tertiary/aromatic N) is 1. The van der Waals surface area contributed by atoms with Gasteiger partial charge in [-0.25, -0.2) is 8.42 Å². The van der Waals surface area contributed by atoms with Crippen LogP contribution in [0.1, 0.15) is 38.2 Å². The maximum absolute atomic E-state index is 12.8. The topological polar surface area (TPSA) is 75.0 Å². The second-order valence-corrected chi connectivity index (χ2v) is 8.67. The fraction of sp³-hybridized carbons (Fsp3) is 0.500. The zero-order chi connectivity index (χ0) is 15.5. The Balaban J connectivity index is 2.19. The Bertz CT molecular complexity index is 773. The Morgan fingerprint density at radius 3 is 2.48 bits per heavy atom. The van der Waals surface area contributed by atoms with Crippen molar-refractivity contribution in [2.45, 2.75) is 37.5 Å². The smallest absolute Gasteiger partial charge is 0.179 e. The molecule has 0 radical (unpaired) electrons. The highest BCUT2D eigenvalue weighted by molar-refractivity contribution is 7.91. The molecule has 2 aliphatic rings. The Kier molecular flexibility index (Phi) is 2.84. The number of carbonyl (C=O) groups is 1. The number of sulfone groups is 1. The lowest BCUT2D eigenvalue weighted by molar-refractivity contribution is -0.130. The summed E-state index contributed by atoms with van der Waals surface area (Å²) in [6.07, 6.45) is 1.06. The lowest BCUT2D eigenvalue weighted by atomic mass is 9.70. The first-order valence-electron chi connectivity index (χ1n) is 7.02. The summed E-state index contributed by atoms with van der Waals surface area (Å²) in [5, 5.41) is 9.71. The average Bonchev–Trinajstić information content (AvgIpc) is 2.85. The standard InChI is InChI=1S/C16H17NO3S/c1-15(2)7-8-16(10-17,14(15)18)12-9-21(19,20)13-6-4-3-5-11(12)13/h3-6,12H,7-9H2,1-2H3. The van der Waals surface area contributed by atoms with Gasteiger partial charge in [-0.05, 0) is 24.5 Å². The van der Waals surface area contributed by atoms with Crippen LogP contribution in [0.4, 0.5) is 0 Å². The van der Waals surface area contributed by atoms with E-state index in [-0.39, 0.29) is 16.4 Å². The molecule has 0 spiro atoms. The molecule has 0 amide bonds. The Morgan fingerprint density at radius 1 is 1.24 bits per heavy atom. The van der Waals surface area contributed by atoms with Crippen LogP contribution in [0.2, 0.25) is 0 Å². The number of ketones is 1. The number of fused-ring (bicyclic) bond motifs is 1. The first-order valence-corrected chi connectivity index (χ1v) is 8.68. The number of benzene rings is 1. The second-order valence-electron chi connectivity index (χ2n) is 6.67. The predicted molar refractivity (Wildman–Crippen MR) is 77.3 cm³/mol. The van der Waals surface area contributed by atoms with Crippen molar-refractivity contribution in [1.82, 2.24) is 0 Å². The quantitative estimate of drug-likeness (QED) is 0.798. The van der Waals surface area contributed by atoms with Crippen molar-refractivity contribution in [3.63, 3.8) is 0 Å². The Labute approximate surface area is 124 Å². The summed E-state index contributed by atoms with van der Waals surface area (Å²) >= 11 is 0. The van der Waals surface area contributed by atoms with E-state index in [1.807, 2.05) is 13.8 Å². The molecule has 1 aromatic rings. The minimum Gasteiger partial charge on any atom is -0.297 e. The number of rotatable bonds is 1. The van der Waals surface area contributed by atoms with E-state index in [9.17, 15) is 18.5 Å². The molecule has 1 fully saturated rings. The van der Waals surface area contributed by atoms with Gasteiger partial charge in [-0.15, -0.1) is 0 Å². The van der Waals surface area contributed by atoms with Gasteiger partial charge in [-0.3, -0.25) is 4.79 Å². The number of nitriles is 1. The minimum atomic E-state index is -3.40. The molecule has 2 unspecified atom stereocenters. The predicted octanol–water partition coefficient (Wildman–Crippen LogP) is 2.46. The van der Waals surface area contributed by atoms with Crippen molar-refractivity contribution >= 4 is 15.6 Å². The van der Waals surface area contributed by atoms with Crippen molar-refractivity contribution in [2.24, 2.45) is 10.8 Å². The summed E-state index contributed by atoms with van der Waals surface area (Å²) in [5.41, 5.74) is -1.13. The molecule has 2 atom stereocenters. The molecule has 1 aliphatic carbocycles. The van der Waals surface area contributed by atoms with E-state index in [1.54, 1.807) is 24.3 Å². The Hall–Kier alpha value is -1.67. The van der Waals surface area contributed by atoms with Crippen molar-refractivity contribution in [1.29, 1.82) is 5.26 Å². The number of carbonyl (C=O) groups excluding carboxylic acids is 1. The SMILES string of the molecule is CC1(C)CCC(C#N)(C2CS(=O)(=O)c3ccccc32)C1=O. The first kappa shape index (κ1) is 14.3. The number of hydrogen-bond acceptors (Lipinski definition) is 4. The van der Waals surface area contributed by atoms with Gasteiger partial charge in [-0.1, -0.05) is 32.0 Å². The van der Waals surface area contributed by atoms with Gasteiger partial charge in [-0.2, -0.15) is 5.26 Å². The van der Waals surface area contributed by atoms with Crippen LogP contribution in [-0.4, -0.2) is 20.0 Å². The lowest BCUT2D eigenvalue weighted by Gasteiger charge is -2.28. The van der Waals surface area contributed by atoms with E-state index in [0.29, 0.717) is 18.4 Å². The maximum atomic E-state index is 12.8. The van der Waals surface area contributed by atoms with Gasteiger partial charge in [0.25, 0.3) is 0 Å². The molecule has 21 heavy (non-hydrogen) atoms.